The minimum atomic E-state index is -0.222. The van der Waals surface area contributed by atoms with E-state index in [1.54, 1.807) is 0 Å². The van der Waals surface area contributed by atoms with Gasteiger partial charge in [-0.1, -0.05) is 48.0 Å². The topological polar surface area (TPSA) is 42.4 Å². The molecular weight excluding hydrogens is 360 g/mol. The molecule has 0 radical (unpaired) electrons. The van der Waals surface area contributed by atoms with E-state index in [4.69, 9.17) is 16.3 Å². The van der Waals surface area contributed by atoms with Crippen LogP contribution < -0.4 is 0 Å². The molecular formula is C22H19ClN2O2. The second-order valence-electron chi connectivity index (χ2n) is 6.46. The zero-order valence-electron chi connectivity index (χ0n) is 14.7. The van der Waals surface area contributed by atoms with Crippen LogP contribution in [0.1, 0.15) is 22.2 Å². The first kappa shape index (κ1) is 17.7. The summed E-state index contributed by atoms with van der Waals surface area (Å²) in [5.74, 6) is 0.0273. The third-order valence-electron chi connectivity index (χ3n) is 4.65. The van der Waals surface area contributed by atoms with E-state index in [0.717, 1.165) is 16.8 Å². The van der Waals surface area contributed by atoms with Gasteiger partial charge in [0.1, 0.15) is 6.10 Å². The summed E-state index contributed by atoms with van der Waals surface area (Å²) < 4.78 is 5.87. The number of rotatable bonds is 3. The molecule has 1 unspecified atom stereocenters. The Morgan fingerprint density at radius 1 is 1.04 bits per heavy atom. The molecule has 2 heterocycles. The van der Waals surface area contributed by atoms with Crippen molar-refractivity contribution in [2.45, 2.75) is 6.10 Å². The Morgan fingerprint density at radius 3 is 2.63 bits per heavy atom. The number of morpholine rings is 1. The molecule has 2 aromatic carbocycles. The Morgan fingerprint density at radius 2 is 1.89 bits per heavy atom. The Hall–Kier alpha value is -2.69. The number of hydrogen-bond donors (Lipinski definition) is 0. The van der Waals surface area contributed by atoms with Gasteiger partial charge >= 0.3 is 0 Å². The van der Waals surface area contributed by atoms with Crippen LogP contribution in [0.15, 0.2) is 72.9 Å². The monoisotopic (exact) mass is 378 g/mol. The minimum absolute atomic E-state index is 0.0273. The van der Waals surface area contributed by atoms with Crippen molar-refractivity contribution in [1.82, 2.24) is 9.88 Å². The van der Waals surface area contributed by atoms with Gasteiger partial charge in [0.15, 0.2) is 0 Å². The van der Waals surface area contributed by atoms with Crippen LogP contribution in [0.3, 0.4) is 0 Å². The number of halogens is 1. The van der Waals surface area contributed by atoms with Crippen LogP contribution in [0.4, 0.5) is 0 Å². The van der Waals surface area contributed by atoms with Crippen molar-refractivity contribution in [3.8, 4) is 11.1 Å². The molecule has 0 spiro atoms. The van der Waals surface area contributed by atoms with Crippen molar-refractivity contribution in [3.05, 3.63) is 89.2 Å². The largest absolute Gasteiger partial charge is 0.368 e. The molecule has 4 nitrogen and oxygen atoms in total. The fourth-order valence-electron chi connectivity index (χ4n) is 3.21. The highest BCUT2D eigenvalue weighted by atomic mass is 35.5. The summed E-state index contributed by atoms with van der Waals surface area (Å²) in [5, 5.41) is 0.697. The van der Waals surface area contributed by atoms with Gasteiger partial charge in [0.05, 0.1) is 18.8 Å². The fourth-order valence-corrected chi connectivity index (χ4v) is 3.40. The first-order valence-electron chi connectivity index (χ1n) is 8.88. The molecule has 0 aliphatic carbocycles. The van der Waals surface area contributed by atoms with Crippen LogP contribution >= 0.6 is 11.6 Å². The number of aromatic nitrogens is 1. The molecule has 136 valence electrons. The normalized spacial score (nSPS) is 16.9. The molecule has 0 saturated carbocycles. The Balaban J connectivity index is 1.49. The number of carbonyl (C=O) groups is 1. The van der Waals surface area contributed by atoms with Gasteiger partial charge in [0.25, 0.3) is 5.91 Å². The van der Waals surface area contributed by atoms with E-state index in [1.165, 1.54) is 0 Å². The van der Waals surface area contributed by atoms with Gasteiger partial charge < -0.3 is 9.64 Å². The average Bonchev–Trinajstić information content (AvgIpc) is 2.74. The van der Waals surface area contributed by atoms with E-state index in [9.17, 15) is 4.79 Å². The molecule has 3 aromatic rings. The molecule has 1 atom stereocenters. The standard InChI is InChI=1S/C22H19ClN2O2/c23-19-8-4-7-17(13-19)18-9-10-20(24-14-18)21-15-25(11-12-27-21)22(26)16-5-2-1-3-6-16/h1-10,13-14,21H,11-12,15H2. The van der Waals surface area contributed by atoms with Crippen molar-refractivity contribution >= 4 is 17.5 Å². The summed E-state index contributed by atoms with van der Waals surface area (Å²) in [4.78, 5) is 19.1. The maximum atomic E-state index is 12.7. The highest BCUT2D eigenvalue weighted by Crippen LogP contribution is 2.26. The van der Waals surface area contributed by atoms with Gasteiger partial charge in [-0.05, 0) is 35.9 Å². The summed E-state index contributed by atoms with van der Waals surface area (Å²) in [6.45, 7) is 1.59. The summed E-state index contributed by atoms with van der Waals surface area (Å²) in [7, 11) is 0. The summed E-state index contributed by atoms with van der Waals surface area (Å²) in [6, 6.07) is 21.0. The first-order chi connectivity index (χ1) is 13.2. The number of carbonyl (C=O) groups excluding carboxylic acids is 1. The SMILES string of the molecule is O=C(c1ccccc1)N1CCOC(c2ccc(-c3cccc(Cl)c3)cn2)C1. The van der Waals surface area contributed by atoms with Gasteiger partial charge in [0.2, 0.25) is 0 Å². The molecule has 1 aliphatic heterocycles. The molecule has 1 amide bonds. The molecule has 5 heteroatoms. The third-order valence-corrected chi connectivity index (χ3v) is 4.88. The number of hydrogen-bond acceptors (Lipinski definition) is 3. The Labute approximate surface area is 163 Å². The number of pyridine rings is 1. The second-order valence-corrected chi connectivity index (χ2v) is 6.90. The van der Waals surface area contributed by atoms with E-state index in [0.29, 0.717) is 30.3 Å². The van der Waals surface area contributed by atoms with Crippen molar-refractivity contribution in [3.63, 3.8) is 0 Å². The van der Waals surface area contributed by atoms with Crippen LogP contribution in [-0.2, 0) is 4.74 Å². The van der Waals surface area contributed by atoms with Gasteiger partial charge in [0, 0.05) is 28.9 Å². The average molecular weight is 379 g/mol. The predicted molar refractivity (Wildman–Crippen MR) is 106 cm³/mol. The van der Waals surface area contributed by atoms with E-state index in [1.807, 2.05) is 77.8 Å². The lowest BCUT2D eigenvalue weighted by atomic mass is 10.1. The van der Waals surface area contributed by atoms with E-state index < -0.39 is 0 Å². The lowest BCUT2D eigenvalue weighted by molar-refractivity contribution is -0.0247. The van der Waals surface area contributed by atoms with E-state index in [2.05, 4.69) is 4.98 Å². The molecule has 1 aliphatic rings. The Bertz CT molecular complexity index is 929. The number of ether oxygens (including phenoxy) is 1. The smallest absolute Gasteiger partial charge is 0.254 e. The molecule has 0 bridgehead atoms. The summed E-state index contributed by atoms with van der Waals surface area (Å²) in [6.07, 6.45) is 1.60. The predicted octanol–water partition coefficient (Wildman–Crippen LogP) is 4.62. The lowest BCUT2D eigenvalue weighted by Gasteiger charge is -2.32. The molecule has 1 fully saturated rings. The van der Waals surface area contributed by atoms with Crippen molar-refractivity contribution < 1.29 is 9.53 Å². The zero-order valence-corrected chi connectivity index (χ0v) is 15.5. The molecule has 27 heavy (non-hydrogen) atoms. The van der Waals surface area contributed by atoms with Crippen LogP contribution in [0, 0.1) is 0 Å². The number of nitrogens with zero attached hydrogens (tertiary/aromatic N) is 2. The maximum Gasteiger partial charge on any atom is 0.254 e. The van der Waals surface area contributed by atoms with Crippen molar-refractivity contribution in [1.29, 1.82) is 0 Å². The molecule has 4 rings (SSSR count). The van der Waals surface area contributed by atoms with Gasteiger partial charge in [-0.2, -0.15) is 0 Å². The molecule has 1 aromatic heterocycles. The van der Waals surface area contributed by atoms with Crippen LogP contribution in [0.2, 0.25) is 5.02 Å². The quantitative estimate of drug-likeness (QED) is 0.668. The third kappa shape index (κ3) is 4.02. The van der Waals surface area contributed by atoms with Crippen molar-refractivity contribution in [2.75, 3.05) is 19.7 Å². The zero-order chi connectivity index (χ0) is 18.6. The Kier molecular flexibility index (Phi) is 5.19. The van der Waals surface area contributed by atoms with E-state index >= 15 is 0 Å². The van der Waals surface area contributed by atoms with Crippen LogP contribution in [-0.4, -0.2) is 35.5 Å². The van der Waals surface area contributed by atoms with Crippen LogP contribution in [0.5, 0.6) is 0 Å². The molecule has 0 N–H and O–H groups in total. The first-order valence-corrected chi connectivity index (χ1v) is 9.26. The fraction of sp³-hybridized carbons (Fsp3) is 0.182. The highest BCUT2D eigenvalue weighted by molar-refractivity contribution is 6.30. The minimum Gasteiger partial charge on any atom is -0.368 e. The lowest BCUT2D eigenvalue weighted by Crippen LogP contribution is -2.42. The number of amides is 1. The van der Waals surface area contributed by atoms with E-state index in [-0.39, 0.29) is 12.0 Å². The van der Waals surface area contributed by atoms with Crippen molar-refractivity contribution in [2.24, 2.45) is 0 Å². The maximum absolute atomic E-state index is 12.7. The summed E-state index contributed by atoms with van der Waals surface area (Å²) in [5.41, 5.74) is 3.54. The van der Waals surface area contributed by atoms with Crippen LogP contribution in [0.25, 0.3) is 11.1 Å². The highest BCUT2D eigenvalue weighted by Gasteiger charge is 2.26. The molecule has 1 saturated heterocycles. The summed E-state index contributed by atoms with van der Waals surface area (Å²) >= 11 is 6.07. The van der Waals surface area contributed by atoms with Gasteiger partial charge in [-0.15, -0.1) is 0 Å². The van der Waals surface area contributed by atoms with Gasteiger partial charge in [-0.3, -0.25) is 9.78 Å². The van der Waals surface area contributed by atoms with Gasteiger partial charge in [-0.25, -0.2) is 0 Å². The second kappa shape index (κ2) is 7.91. The number of benzene rings is 2.